The number of fused-ring (bicyclic) bond motifs is 2. The van der Waals surface area contributed by atoms with Crippen LogP contribution in [0.15, 0.2) is 54.7 Å². The summed E-state index contributed by atoms with van der Waals surface area (Å²) in [6, 6.07) is 15.8. The van der Waals surface area contributed by atoms with E-state index in [-0.39, 0.29) is 11.8 Å². The van der Waals surface area contributed by atoms with Crippen LogP contribution in [0.1, 0.15) is 23.5 Å². The molecule has 27 heavy (non-hydrogen) atoms. The molecule has 2 aromatic carbocycles. The molecule has 0 saturated carbocycles. The number of rotatable bonds is 3. The lowest BCUT2D eigenvalue weighted by molar-refractivity contribution is -0.116. The number of carbonyl (C=O) groups is 1. The number of aromatic nitrogens is 3. The lowest BCUT2D eigenvalue weighted by atomic mass is 9.87. The molecule has 1 N–H and O–H groups in total. The molecular weight excluding hydrogens is 360 g/mol. The molecule has 134 valence electrons. The van der Waals surface area contributed by atoms with Gasteiger partial charge in [-0.15, -0.1) is 0 Å². The third-order valence-electron chi connectivity index (χ3n) is 4.78. The minimum absolute atomic E-state index is 0.0295. The molecule has 0 fully saturated rings. The number of nitrogens with one attached hydrogen (secondary N) is 1. The molecule has 7 heteroatoms. The number of hydrogen-bond acceptors (Lipinski definition) is 5. The van der Waals surface area contributed by atoms with E-state index >= 15 is 0 Å². The zero-order valence-electron chi connectivity index (χ0n) is 14.5. The van der Waals surface area contributed by atoms with Crippen LogP contribution in [0.3, 0.4) is 0 Å². The molecule has 6 nitrogen and oxygen atoms in total. The van der Waals surface area contributed by atoms with Crippen LogP contribution in [-0.2, 0) is 4.79 Å². The molecule has 1 aliphatic heterocycles. The van der Waals surface area contributed by atoms with E-state index in [2.05, 4.69) is 15.4 Å². The summed E-state index contributed by atoms with van der Waals surface area (Å²) in [5.74, 6) is 1.38. The van der Waals surface area contributed by atoms with Crippen molar-refractivity contribution in [2.45, 2.75) is 12.3 Å². The molecule has 2 aromatic heterocycles. The fraction of sp³-hybridized carbons (Fsp3) is 0.150. The molecule has 1 atom stereocenters. The maximum absolute atomic E-state index is 12.4. The van der Waals surface area contributed by atoms with Gasteiger partial charge < -0.3 is 10.1 Å². The monoisotopic (exact) mass is 376 g/mol. The second-order valence-electron chi connectivity index (χ2n) is 6.41. The smallest absolute Gasteiger partial charge is 0.226 e. The summed E-state index contributed by atoms with van der Waals surface area (Å²) in [6.45, 7) is 0. The van der Waals surface area contributed by atoms with Crippen molar-refractivity contribution >= 4 is 33.3 Å². The molecule has 0 radical (unpaired) electrons. The van der Waals surface area contributed by atoms with Crippen LogP contribution in [0.5, 0.6) is 5.75 Å². The van der Waals surface area contributed by atoms with Crippen molar-refractivity contribution in [3.8, 4) is 10.9 Å². The third kappa shape index (κ3) is 2.67. The Balaban J connectivity index is 1.62. The van der Waals surface area contributed by atoms with E-state index in [1.165, 1.54) is 0 Å². The Kier molecular flexibility index (Phi) is 3.68. The van der Waals surface area contributed by atoms with Crippen molar-refractivity contribution in [2.75, 3.05) is 12.4 Å². The molecule has 0 saturated heterocycles. The Labute approximate surface area is 159 Å². The predicted molar refractivity (Wildman–Crippen MR) is 105 cm³/mol. The van der Waals surface area contributed by atoms with Crippen molar-refractivity contribution in [1.29, 1.82) is 0 Å². The van der Waals surface area contributed by atoms with Gasteiger partial charge in [-0.3, -0.25) is 4.79 Å². The van der Waals surface area contributed by atoms with E-state index in [1.807, 2.05) is 54.7 Å². The van der Waals surface area contributed by atoms with E-state index in [4.69, 9.17) is 4.74 Å². The topological polar surface area (TPSA) is 69.0 Å². The quantitative estimate of drug-likeness (QED) is 0.587. The highest BCUT2D eigenvalue weighted by Crippen LogP contribution is 2.39. The fourth-order valence-electron chi connectivity index (χ4n) is 3.47. The maximum atomic E-state index is 12.4. The summed E-state index contributed by atoms with van der Waals surface area (Å²) < 4.78 is 8.15. The van der Waals surface area contributed by atoms with E-state index < -0.39 is 0 Å². The van der Waals surface area contributed by atoms with Gasteiger partial charge >= 0.3 is 0 Å². The standard InChI is InChI=1S/C20H16N4O2S/c1-26-13-6-4-5-12(9-13)14-10-18(25)23-19-15(14)11-21-24(19)20-22-16-7-2-3-8-17(16)27-20/h2-9,11,14H,10H2,1H3,(H,23,25). The van der Waals surface area contributed by atoms with Gasteiger partial charge in [0.2, 0.25) is 11.0 Å². The highest BCUT2D eigenvalue weighted by molar-refractivity contribution is 7.20. The third-order valence-corrected chi connectivity index (χ3v) is 5.79. The Morgan fingerprint density at radius 1 is 1.22 bits per heavy atom. The van der Waals surface area contributed by atoms with Gasteiger partial charge in [0, 0.05) is 17.9 Å². The predicted octanol–water partition coefficient (Wildman–Crippen LogP) is 3.96. The largest absolute Gasteiger partial charge is 0.497 e. The zero-order chi connectivity index (χ0) is 18.4. The first-order valence-corrected chi connectivity index (χ1v) is 9.42. The Morgan fingerprint density at radius 2 is 2.11 bits per heavy atom. The molecule has 0 spiro atoms. The molecule has 4 aromatic rings. The molecule has 5 rings (SSSR count). The number of amides is 1. The molecule has 1 unspecified atom stereocenters. The van der Waals surface area contributed by atoms with E-state index in [1.54, 1.807) is 23.1 Å². The van der Waals surface area contributed by atoms with Crippen molar-refractivity contribution in [2.24, 2.45) is 0 Å². The van der Waals surface area contributed by atoms with Gasteiger partial charge in [-0.05, 0) is 29.8 Å². The summed E-state index contributed by atoms with van der Waals surface area (Å²) in [7, 11) is 1.64. The Bertz CT molecular complexity index is 1130. The van der Waals surface area contributed by atoms with Gasteiger partial charge in [0.15, 0.2) is 0 Å². The number of carbonyl (C=O) groups excluding carboxylic acids is 1. The highest BCUT2D eigenvalue weighted by atomic mass is 32.1. The van der Waals surface area contributed by atoms with Gasteiger partial charge in [0.1, 0.15) is 11.6 Å². The fourth-order valence-corrected chi connectivity index (χ4v) is 4.40. The Hall–Kier alpha value is -3.19. The molecule has 0 bridgehead atoms. The first kappa shape index (κ1) is 16.0. The van der Waals surface area contributed by atoms with Crippen LogP contribution in [-0.4, -0.2) is 27.8 Å². The van der Waals surface area contributed by atoms with Gasteiger partial charge in [0.05, 0.1) is 23.5 Å². The van der Waals surface area contributed by atoms with Crippen LogP contribution >= 0.6 is 11.3 Å². The van der Waals surface area contributed by atoms with Crippen LogP contribution < -0.4 is 10.1 Å². The number of benzene rings is 2. The van der Waals surface area contributed by atoms with Gasteiger partial charge in [-0.1, -0.05) is 35.6 Å². The van der Waals surface area contributed by atoms with E-state index in [0.717, 1.165) is 32.2 Å². The van der Waals surface area contributed by atoms with Crippen molar-refractivity contribution in [3.63, 3.8) is 0 Å². The average molecular weight is 376 g/mol. The summed E-state index contributed by atoms with van der Waals surface area (Å²) >= 11 is 1.55. The van der Waals surface area contributed by atoms with Crippen LogP contribution in [0.2, 0.25) is 0 Å². The first-order valence-electron chi connectivity index (χ1n) is 8.60. The average Bonchev–Trinajstić information content (AvgIpc) is 3.30. The molecular formula is C20H16N4O2S. The van der Waals surface area contributed by atoms with E-state index in [9.17, 15) is 4.79 Å². The van der Waals surface area contributed by atoms with Gasteiger partial charge in [-0.2, -0.15) is 9.78 Å². The number of ether oxygens (including phenoxy) is 1. The van der Waals surface area contributed by atoms with Crippen LogP contribution in [0.4, 0.5) is 5.82 Å². The normalized spacial score (nSPS) is 16.2. The van der Waals surface area contributed by atoms with Crippen molar-refractivity contribution < 1.29 is 9.53 Å². The van der Waals surface area contributed by atoms with Gasteiger partial charge in [-0.25, -0.2) is 4.98 Å². The molecule has 1 amide bonds. The minimum atomic E-state index is -0.0630. The minimum Gasteiger partial charge on any atom is -0.497 e. The lowest BCUT2D eigenvalue weighted by Gasteiger charge is -2.23. The second kappa shape index (κ2) is 6.21. The van der Waals surface area contributed by atoms with Crippen LogP contribution in [0, 0.1) is 0 Å². The number of thiazole rings is 1. The zero-order valence-corrected chi connectivity index (χ0v) is 15.4. The van der Waals surface area contributed by atoms with E-state index in [0.29, 0.717) is 12.2 Å². The molecule has 3 heterocycles. The second-order valence-corrected chi connectivity index (χ2v) is 7.42. The lowest BCUT2D eigenvalue weighted by Crippen LogP contribution is -2.24. The van der Waals surface area contributed by atoms with Crippen LogP contribution in [0.25, 0.3) is 15.3 Å². The first-order chi connectivity index (χ1) is 13.2. The summed E-state index contributed by atoms with van der Waals surface area (Å²) in [4.78, 5) is 17.1. The number of hydrogen-bond donors (Lipinski definition) is 1. The van der Waals surface area contributed by atoms with Gasteiger partial charge in [0.25, 0.3) is 0 Å². The summed E-state index contributed by atoms with van der Waals surface area (Å²) in [5.41, 5.74) is 2.95. The molecule has 1 aliphatic rings. The number of nitrogens with zero attached hydrogens (tertiary/aromatic N) is 3. The summed E-state index contributed by atoms with van der Waals surface area (Å²) in [5, 5.41) is 8.25. The Morgan fingerprint density at radius 3 is 2.96 bits per heavy atom. The molecule has 0 aliphatic carbocycles. The maximum Gasteiger partial charge on any atom is 0.226 e. The highest BCUT2D eigenvalue weighted by Gasteiger charge is 2.31. The SMILES string of the molecule is COc1cccc(C2CC(=O)Nc3c2cnn3-c2nc3ccccc3s2)c1. The number of anilines is 1. The van der Waals surface area contributed by atoms with Crippen molar-refractivity contribution in [1.82, 2.24) is 14.8 Å². The summed E-state index contributed by atoms with van der Waals surface area (Å²) in [6.07, 6.45) is 2.21. The number of para-hydroxylation sites is 1. The number of methoxy groups -OCH3 is 1. The van der Waals surface area contributed by atoms with Crippen molar-refractivity contribution in [3.05, 3.63) is 65.9 Å².